The van der Waals surface area contributed by atoms with Crippen molar-refractivity contribution in [3.8, 4) is 11.6 Å². The molecule has 0 amide bonds. The molecule has 0 unspecified atom stereocenters. The van der Waals surface area contributed by atoms with E-state index in [2.05, 4.69) is 9.97 Å². The van der Waals surface area contributed by atoms with E-state index in [0.717, 1.165) is 6.07 Å². The van der Waals surface area contributed by atoms with Crippen LogP contribution in [0.2, 0.25) is 5.02 Å². The molecule has 0 aliphatic carbocycles. The molecule has 2 aromatic heterocycles. The van der Waals surface area contributed by atoms with Crippen molar-refractivity contribution in [2.45, 2.75) is 0 Å². The molecule has 3 rings (SSSR count). The third-order valence-electron chi connectivity index (χ3n) is 2.46. The first-order valence-electron chi connectivity index (χ1n) is 5.35. The number of rotatable bonds is 2. The van der Waals surface area contributed by atoms with Crippen molar-refractivity contribution in [3.63, 3.8) is 0 Å². The summed E-state index contributed by atoms with van der Waals surface area (Å²) in [6.07, 6.45) is 4.92. The van der Waals surface area contributed by atoms with Crippen LogP contribution in [0.15, 0.2) is 36.8 Å². The third-order valence-corrected chi connectivity index (χ3v) is 2.76. The van der Waals surface area contributed by atoms with Crippen LogP contribution in [0.1, 0.15) is 0 Å². The molecule has 3 aromatic rings. The van der Waals surface area contributed by atoms with Crippen LogP contribution in [0.25, 0.3) is 5.65 Å². The summed E-state index contributed by atoms with van der Waals surface area (Å²) in [5, 5.41) is 0.147. The van der Waals surface area contributed by atoms with Gasteiger partial charge >= 0.3 is 0 Å². The van der Waals surface area contributed by atoms with Crippen LogP contribution in [0.5, 0.6) is 11.6 Å². The lowest BCUT2D eigenvalue weighted by atomic mass is 10.3. The Morgan fingerprint density at radius 3 is 3.00 bits per heavy atom. The summed E-state index contributed by atoms with van der Waals surface area (Å²) in [6, 6.07) is 3.82. The van der Waals surface area contributed by atoms with Gasteiger partial charge in [-0.15, -0.1) is 0 Å². The minimum absolute atomic E-state index is 0.147. The molecule has 2 heterocycles. The lowest BCUT2D eigenvalue weighted by Crippen LogP contribution is -1.99. The van der Waals surface area contributed by atoms with Gasteiger partial charge in [-0.1, -0.05) is 11.6 Å². The van der Waals surface area contributed by atoms with E-state index in [1.54, 1.807) is 23.0 Å². The van der Waals surface area contributed by atoms with Crippen LogP contribution in [0.3, 0.4) is 0 Å². The standard InChI is InChI=1S/C12H8ClFN4O/c13-8-5-7(14)1-2-9(8)19-12-11-16-3-4-18(11)6-10(15)17-12/h1-6H,15H2. The highest BCUT2D eigenvalue weighted by Gasteiger charge is 2.11. The van der Waals surface area contributed by atoms with E-state index in [9.17, 15) is 4.39 Å². The van der Waals surface area contributed by atoms with Gasteiger partial charge in [0.1, 0.15) is 17.4 Å². The Balaban J connectivity index is 2.07. The van der Waals surface area contributed by atoms with Gasteiger partial charge in [-0.3, -0.25) is 4.40 Å². The Morgan fingerprint density at radius 2 is 2.21 bits per heavy atom. The summed E-state index contributed by atoms with van der Waals surface area (Å²) in [5.74, 6) is 0.326. The Labute approximate surface area is 112 Å². The number of ether oxygens (including phenoxy) is 1. The molecule has 19 heavy (non-hydrogen) atoms. The summed E-state index contributed by atoms with van der Waals surface area (Å²) in [6.45, 7) is 0. The number of nitrogens with two attached hydrogens (primary N) is 1. The normalized spacial score (nSPS) is 10.8. The van der Waals surface area contributed by atoms with Crippen molar-refractivity contribution in [1.29, 1.82) is 0 Å². The fraction of sp³-hybridized carbons (Fsp3) is 0. The zero-order valence-corrected chi connectivity index (χ0v) is 10.3. The number of aromatic nitrogens is 3. The second-order valence-corrected chi connectivity index (χ2v) is 4.21. The molecule has 2 N–H and O–H groups in total. The van der Waals surface area contributed by atoms with Crippen molar-refractivity contribution in [2.24, 2.45) is 0 Å². The van der Waals surface area contributed by atoms with Gasteiger partial charge in [0.15, 0.2) is 0 Å². The summed E-state index contributed by atoms with van der Waals surface area (Å²) in [4.78, 5) is 8.16. The van der Waals surface area contributed by atoms with Gasteiger partial charge in [0.25, 0.3) is 5.88 Å². The number of imidazole rings is 1. The number of benzene rings is 1. The lowest BCUT2D eigenvalue weighted by molar-refractivity contribution is 0.464. The third kappa shape index (κ3) is 2.17. The van der Waals surface area contributed by atoms with E-state index < -0.39 is 5.82 Å². The smallest absolute Gasteiger partial charge is 0.265 e. The van der Waals surface area contributed by atoms with Gasteiger partial charge in [-0.25, -0.2) is 9.37 Å². The second kappa shape index (κ2) is 4.40. The van der Waals surface area contributed by atoms with Crippen LogP contribution in [0, 0.1) is 5.82 Å². The molecule has 0 radical (unpaired) electrons. The van der Waals surface area contributed by atoms with E-state index >= 15 is 0 Å². The first kappa shape index (κ1) is 11.7. The number of halogens is 2. The van der Waals surface area contributed by atoms with Crippen LogP contribution in [-0.2, 0) is 0 Å². The number of anilines is 1. The molecule has 1 aromatic carbocycles. The van der Waals surface area contributed by atoms with Gasteiger partial charge in [-0.05, 0) is 18.2 Å². The zero-order chi connectivity index (χ0) is 13.4. The molecule has 0 aliphatic heterocycles. The monoisotopic (exact) mass is 278 g/mol. The maximum Gasteiger partial charge on any atom is 0.265 e. The molecule has 0 saturated heterocycles. The highest BCUT2D eigenvalue weighted by molar-refractivity contribution is 6.32. The fourth-order valence-electron chi connectivity index (χ4n) is 1.65. The van der Waals surface area contributed by atoms with Crippen LogP contribution in [0.4, 0.5) is 10.2 Å². The minimum Gasteiger partial charge on any atom is -0.434 e. The van der Waals surface area contributed by atoms with E-state index in [-0.39, 0.29) is 22.5 Å². The average molecular weight is 279 g/mol. The van der Waals surface area contributed by atoms with Crippen molar-refractivity contribution in [2.75, 3.05) is 5.73 Å². The maximum atomic E-state index is 13.0. The van der Waals surface area contributed by atoms with Crippen LogP contribution in [-0.4, -0.2) is 14.4 Å². The van der Waals surface area contributed by atoms with Gasteiger partial charge < -0.3 is 10.5 Å². The van der Waals surface area contributed by atoms with E-state index in [4.69, 9.17) is 22.1 Å². The molecular weight excluding hydrogens is 271 g/mol. The first-order chi connectivity index (χ1) is 9.13. The highest BCUT2D eigenvalue weighted by Crippen LogP contribution is 2.30. The first-order valence-corrected chi connectivity index (χ1v) is 5.73. The van der Waals surface area contributed by atoms with Gasteiger partial charge in [-0.2, -0.15) is 4.98 Å². The molecule has 0 spiro atoms. The minimum atomic E-state index is -0.441. The van der Waals surface area contributed by atoms with Crippen molar-refractivity contribution in [3.05, 3.63) is 47.6 Å². The van der Waals surface area contributed by atoms with Crippen LogP contribution < -0.4 is 10.5 Å². The van der Waals surface area contributed by atoms with Gasteiger partial charge in [0.05, 0.1) is 11.2 Å². The molecule has 96 valence electrons. The SMILES string of the molecule is Nc1cn2ccnc2c(Oc2ccc(F)cc2Cl)n1. The van der Waals surface area contributed by atoms with Crippen molar-refractivity contribution in [1.82, 2.24) is 14.4 Å². The number of nitrogens with zero attached hydrogens (tertiary/aromatic N) is 3. The number of fused-ring (bicyclic) bond motifs is 1. The Kier molecular flexibility index (Phi) is 2.72. The molecule has 0 saturated carbocycles. The molecule has 7 heteroatoms. The maximum absolute atomic E-state index is 13.0. The predicted molar refractivity (Wildman–Crippen MR) is 68.9 cm³/mol. The predicted octanol–water partition coefficient (Wildman–Crippen LogP) is 2.90. The van der Waals surface area contributed by atoms with E-state index in [1.165, 1.54) is 12.1 Å². The lowest BCUT2D eigenvalue weighted by Gasteiger charge is -2.08. The molecule has 0 fully saturated rings. The average Bonchev–Trinajstić information content (AvgIpc) is 2.80. The topological polar surface area (TPSA) is 65.4 Å². The zero-order valence-electron chi connectivity index (χ0n) is 9.55. The van der Waals surface area contributed by atoms with Crippen molar-refractivity contribution < 1.29 is 9.13 Å². The second-order valence-electron chi connectivity index (χ2n) is 3.81. The fourth-order valence-corrected chi connectivity index (χ4v) is 1.86. The van der Waals surface area contributed by atoms with Crippen molar-refractivity contribution >= 4 is 23.1 Å². The molecular formula is C12H8ClFN4O. The molecule has 0 bridgehead atoms. The summed E-state index contributed by atoms with van der Waals surface area (Å²) in [5.41, 5.74) is 6.16. The molecule has 0 aliphatic rings. The Hall–Kier alpha value is -2.34. The highest BCUT2D eigenvalue weighted by atomic mass is 35.5. The molecule has 0 atom stereocenters. The van der Waals surface area contributed by atoms with Gasteiger partial charge in [0.2, 0.25) is 5.65 Å². The number of nitrogen functional groups attached to an aromatic ring is 1. The summed E-state index contributed by atoms with van der Waals surface area (Å²) in [7, 11) is 0. The summed E-state index contributed by atoms with van der Waals surface area (Å²) < 4.78 is 20.2. The quantitative estimate of drug-likeness (QED) is 0.783. The van der Waals surface area contributed by atoms with E-state index in [0.29, 0.717) is 5.65 Å². The van der Waals surface area contributed by atoms with Gasteiger partial charge in [0, 0.05) is 12.4 Å². The molecule has 5 nitrogen and oxygen atoms in total. The Bertz CT molecular complexity index is 759. The Morgan fingerprint density at radius 1 is 1.37 bits per heavy atom. The largest absolute Gasteiger partial charge is 0.434 e. The number of hydrogen-bond acceptors (Lipinski definition) is 4. The summed E-state index contributed by atoms with van der Waals surface area (Å²) >= 11 is 5.89. The number of hydrogen-bond donors (Lipinski definition) is 1. The van der Waals surface area contributed by atoms with E-state index in [1.807, 2.05) is 0 Å². The van der Waals surface area contributed by atoms with Crippen LogP contribution >= 0.6 is 11.6 Å².